The van der Waals surface area contributed by atoms with Gasteiger partial charge in [-0.2, -0.15) is 0 Å². The largest absolute Gasteiger partial charge is 0.361 e. The number of amides is 4. The molecular weight excluding hydrogens is 691 g/mol. The fourth-order valence-electron chi connectivity index (χ4n) is 6.94. The Kier molecular flexibility index (Phi) is 13.6. The fraction of sp³-hybridized carbons (Fsp3) is 0.512. The Hall–Kier alpha value is -4.42. The minimum absolute atomic E-state index is 0.0460. The van der Waals surface area contributed by atoms with E-state index >= 15 is 0 Å². The quantitative estimate of drug-likeness (QED) is 0.155. The molecule has 2 unspecified atom stereocenters. The zero-order chi connectivity index (χ0) is 38.1. The van der Waals surface area contributed by atoms with Crippen molar-refractivity contribution in [1.82, 2.24) is 25.8 Å². The molecule has 0 aliphatic carbocycles. The maximum absolute atomic E-state index is 14.2. The summed E-state index contributed by atoms with van der Waals surface area (Å²) in [6.07, 6.45) is 3.66. The van der Waals surface area contributed by atoms with Crippen LogP contribution in [0.1, 0.15) is 82.1 Å². The molecule has 2 aliphatic heterocycles. The van der Waals surface area contributed by atoms with Gasteiger partial charge in [-0.1, -0.05) is 81.4 Å². The van der Waals surface area contributed by atoms with Crippen molar-refractivity contribution in [1.29, 1.82) is 0 Å². The van der Waals surface area contributed by atoms with Crippen molar-refractivity contribution in [2.24, 2.45) is 5.92 Å². The van der Waals surface area contributed by atoms with Crippen LogP contribution in [0.2, 0.25) is 0 Å². The number of epoxide rings is 1. The lowest BCUT2D eigenvalue weighted by atomic mass is 9.92. The number of ether oxygens (including phenoxy) is 1. The Labute approximate surface area is 316 Å². The van der Waals surface area contributed by atoms with Crippen LogP contribution in [0.5, 0.6) is 0 Å². The van der Waals surface area contributed by atoms with E-state index in [1.807, 2.05) is 86.8 Å². The van der Waals surface area contributed by atoms with Gasteiger partial charge in [0.1, 0.15) is 23.7 Å². The number of nitrogens with zero attached hydrogens (tertiary/aromatic N) is 2. The Morgan fingerprint density at radius 1 is 0.962 bits per heavy atom. The molecule has 12 heteroatoms. The summed E-state index contributed by atoms with van der Waals surface area (Å²) >= 11 is 1.52. The summed E-state index contributed by atoms with van der Waals surface area (Å²) in [6.45, 7) is 9.95. The van der Waals surface area contributed by atoms with Crippen molar-refractivity contribution >= 4 is 40.7 Å². The molecule has 3 heterocycles. The number of nitrogens with one attached hydrogen (secondary N) is 3. The van der Waals surface area contributed by atoms with E-state index in [9.17, 15) is 24.0 Å². The molecule has 2 saturated heterocycles. The molecule has 1 aromatic heterocycles. The highest BCUT2D eigenvalue weighted by molar-refractivity contribution is 7.09. The highest BCUT2D eigenvalue weighted by Gasteiger charge is 2.51. The Balaban J connectivity index is 1.32. The highest BCUT2D eigenvalue weighted by Crippen LogP contribution is 2.30. The van der Waals surface area contributed by atoms with Crippen molar-refractivity contribution in [2.45, 2.75) is 122 Å². The first-order valence-electron chi connectivity index (χ1n) is 18.8. The second-order valence-corrected chi connectivity index (χ2v) is 15.9. The van der Waals surface area contributed by atoms with Crippen LogP contribution in [-0.4, -0.2) is 81.7 Å². The molecule has 0 spiro atoms. The SMILES string of the molecule is CCCc1nc(CC(=O)N[C@@H](CCc2ccccc2)C(=O)N[C@H]2CC(C)N([C@@H](Cc3ccccc3)C(=O)N[C@@H](CC(C)C)C(=O)C3(C)CO3)C2=O)cs1. The van der Waals surface area contributed by atoms with Gasteiger partial charge in [0, 0.05) is 17.8 Å². The third kappa shape index (κ3) is 10.8. The topological polar surface area (TPSA) is 150 Å². The van der Waals surface area contributed by atoms with Gasteiger partial charge >= 0.3 is 0 Å². The molecule has 53 heavy (non-hydrogen) atoms. The Bertz CT molecular complexity index is 1730. The number of carbonyl (C=O) groups is 5. The second kappa shape index (κ2) is 18.1. The number of ketones is 1. The summed E-state index contributed by atoms with van der Waals surface area (Å²) < 4.78 is 5.43. The zero-order valence-electron chi connectivity index (χ0n) is 31.4. The summed E-state index contributed by atoms with van der Waals surface area (Å²) in [6, 6.07) is 15.3. The van der Waals surface area contributed by atoms with Gasteiger partial charge in [-0.15, -0.1) is 11.3 Å². The average Bonchev–Trinajstić information content (AvgIpc) is 3.63. The number of aromatic nitrogens is 1. The van der Waals surface area contributed by atoms with Crippen LogP contribution < -0.4 is 16.0 Å². The molecule has 5 rings (SSSR count). The molecule has 3 aromatic rings. The van der Waals surface area contributed by atoms with Gasteiger partial charge in [-0.3, -0.25) is 24.0 Å². The normalized spacial score (nSPS) is 21.2. The standard InChI is InChI=1S/C41H53N5O6S/c1-6-13-36-42-30(24-53-36)23-35(47)43-31(19-18-28-14-9-7-10-15-28)38(49)45-33-21-27(4)46(40(33)51)34(22-29-16-11-8-12-17-29)39(50)44-32(20-26(2)3)37(48)41(5)25-52-41/h7-12,14-17,24,26-27,31-34H,6,13,18-23,25H2,1-5H3,(H,43,47)(H,44,50)(H,45,49)/t27?,31-,32-,33-,34-,41?/m0/s1. The van der Waals surface area contributed by atoms with E-state index in [2.05, 4.69) is 27.9 Å². The molecular formula is C41H53N5O6S. The molecule has 4 amide bonds. The first-order chi connectivity index (χ1) is 25.4. The van der Waals surface area contributed by atoms with Gasteiger partial charge in [-0.25, -0.2) is 4.98 Å². The van der Waals surface area contributed by atoms with Crippen molar-refractivity contribution in [3.63, 3.8) is 0 Å². The number of rotatable bonds is 19. The smallest absolute Gasteiger partial charge is 0.246 e. The minimum Gasteiger partial charge on any atom is -0.361 e. The molecule has 3 N–H and O–H groups in total. The third-order valence-electron chi connectivity index (χ3n) is 9.89. The number of carbonyl (C=O) groups excluding carboxylic acids is 5. The van der Waals surface area contributed by atoms with Gasteiger partial charge in [0.05, 0.1) is 29.8 Å². The molecule has 0 bridgehead atoms. The summed E-state index contributed by atoms with van der Waals surface area (Å²) in [5.74, 6) is -1.65. The van der Waals surface area contributed by atoms with E-state index in [1.54, 1.807) is 11.8 Å². The molecule has 11 nitrogen and oxygen atoms in total. The highest BCUT2D eigenvalue weighted by atomic mass is 32.1. The third-order valence-corrected chi connectivity index (χ3v) is 10.8. The number of thiazole rings is 1. The van der Waals surface area contributed by atoms with Gasteiger partial charge in [-0.05, 0) is 69.4 Å². The van der Waals surface area contributed by atoms with Gasteiger partial charge in [0.15, 0.2) is 5.78 Å². The van der Waals surface area contributed by atoms with Crippen LogP contribution in [0.25, 0.3) is 0 Å². The molecule has 2 aromatic carbocycles. The maximum Gasteiger partial charge on any atom is 0.246 e. The lowest BCUT2D eigenvalue weighted by Gasteiger charge is -2.33. The number of hydrogen-bond donors (Lipinski definition) is 3. The van der Waals surface area contributed by atoms with Crippen molar-refractivity contribution in [3.8, 4) is 0 Å². The number of aryl methyl sites for hydroxylation is 2. The molecule has 2 aliphatic rings. The van der Waals surface area contributed by atoms with E-state index in [4.69, 9.17) is 4.74 Å². The van der Waals surface area contributed by atoms with Gasteiger partial charge in [0.2, 0.25) is 23.6 Å². The molecule has 0 radical (unpaired) electrons. The average molecular weight is 744 g/mol. The number of benzene rings is 2. The van der Waals surface area contributed by atoms with Crippen LogP contribution in [0.3, 0.4) is 0 Å². The van der Waals surface area contributed by atoms with Crippen LogP contribution >= 0.6 is 11.3 Å². The number of Topliss-reactive ketones (excluding diaryl/α,β-unsaturated/α-hetero) is 1. The van der Waals surface area contributed by atoms with Gasteiger partial charge in [0.25, 0.3) is 0 Å². The lowest BCUT2D eigenvalue weighted by Crippen LogP contribution is -2.57. The Morgan fingerprint density at radius 3 is 2.25 bits per heavy atom. The van der Waals surface area contributed by atoms with Gasteiger partial charge < -0.3 is 25.6 Å². The molecule has 0 saturated carbocycles. The summed E-state index contributed by atoms with van der Waals surface area (Å²) in [5.41, 5.74) is 1.62. The van der Waals surface area contributed by atoms with E-state index in [1.165, 1.54) is 11.3 Å². The zero-order valence-corrected chi connectivity index (χ0v) is 32.2. The van der Waals surface area contributed by atoms with Crippen molar-refractivity contribution in [2.75, 3.05) is 6.61 Å². The predicted octanol–water partition coefficient (Wildman–Crippen LogP) is 4.36. The Morgan fingerprint density at radius 2 is 1.62 bits per heavy atom. The van der Waals surface area contributed by atoms with E-state index in [0.29, 0.717) is 31.6 Å². The van der Waals surface area contributed by atoms with E-state index < -0.39 is 47.6 Å². The second-order valence-electron chi connectivity index (χ2n) is 15.0. The van der Waals surface area contributed by atoms with Crippen molar-refractivity contribution in [3.05, 3.63) is 87.9 Å². The predicted molar refractivity (Wildman–Crippen MR) is 204 cm³/mol. The van der Waals surface area contributed by atoms with E-state index in [0.717, 1.165) is 29.0 Å². The summed E-state index contributed by atoms with van der Waals surface area (Å²) in [7, 11) is 0. The minimum atomic E-state index is -0.929. The fourth-order valence-corrected chi connectivity index (χ4v) is 7.84. The van der Waals surface area contributed by atoms with Crippen molar-refractivity contribution < 1.29 is 28.7 Å². The van der Waals surface area contributed by atoms with E-state index in [-0.39, 0.29) is 42.8 Å². The molecule has 2 fully saturated rings. The molecule has 6 atom stereocenters. The summed E-state index contributed by atoms with van der Waals surface area (Å²) in [4.78, 5) is 75.1. The lowest BCUT2D eigenvalue weighted by molar-refractivity contribution is -0.142. The van der Waals surface area contributed by atoms with Crippen LogP contribution in [0, 0.1) is 5.92 Å². The molecule has 284 valence electrons. The summed E-state index contributed by atoms with van der Waals surface area (Å²) in [5, 5.41) is 11.7. The number of hydrogen-bond acceptors (Lipinski definition) is 8. The van der Waals surface area contributed by atoms with Crippen LogP contribution in [0.15, 0.2) is 66.0 Å². The first kappa shape index (κ1) is 39.8. The monoisotopic (exact) mass is 743 g/mol. The first-order valence-corrected chi connectivity index (χ1v) is 19.7. The van der Waals surface area contributed by atoms with Crippen LogP contribution in [0.4, 0.5) is 0 Å². The number of likely N-dealkylation sites (tertiary alicyclic amines) is 1. The maximum atomic E-state index is 14.2. The van der Waals surface area contributed by atoms with Crippen LogP contribution in [-0.2, 0) is 54.4 Å².